The maximum Gasteiger partial charge on any atom is 0.242 e. The minimum Gasteiger partial charge on any atom is -0.370 e. The summed E-state index contributed by atoms with van der Waals surface area (Å²) in [6.07, 6.45) is -0.0613. The molecule has 1 aromatic carbocycles. The van der Waals surface area contributed by atoms with Gasteiger partial charge in [0.25, 0.3) is 0 Å². The van der Waals surface area contributed by atoms with E-state index in [1.54, 1.807) is 11.3 Å². The summed E-state index contributed by atoms with van der Waals surface area (Å²) in [5, 5.41) is 6.11. The third-order valence-corrected chi connectivity index (χ3v) is 4.84. The number of hydrogen-bond donors (Lipinski definition) is 3. The van der Waals surface area contributed by atoms with E-state index in [0.717, 1.165) is 20.5 Å². The summed E-state index contributed by atoms with van der Waals surface area (Å²) in [6, 6.07) is 6.99. The van der Waals surface area contributed by atoms with Crippen molar-refractivity contribution in [3.05, 3.63) is 34.7 Å². The zero-order valence-electron chi connectivity index (χ0n) is 13.0. The molecule has 0 unspecified atom stereocenters. The molecular formula is C16H19N3O3S. The van der Waals surface area contributed by atoms with Crippen LogP contribution in [0.25, 0.3) is 10.1 Å². The summed E-state index contributed by atoms with van der Waals surface area (Å²) >= 11 is 1.55. The molecular weight excluding hydrogens is 314 g/mol. The Morgan fingerprint density at radius 2 is 1.96 bits per heavy atom. The summed E-state index contributed by atoms with van der Waals surface area (Å²) < 4.78 is 1.12. The van der Waals surface area contributed by atoms with Gasteiger partial charge in [-0.15, -0.1) is 11.3 Å². The highest BCUT2D eigenvalue weighted by Gasteiger charge is 2.22. The summed E-state index contributed by atoms with van der Waals surface area (Å²) in [4.78, 5) is 35.9. The fraction of sp³-hybridized carbons (Fsp3) is 0.312. The highest BCUT2D eigenvalue weighted by Crippen LogP contribution is 2.30. The normalized spacial score (nSPS) is 11.9. The Bertz CT molecular complexity index is 754. The molecule has 2 aromatic rings. The van der Waals surface area contributed by atoms with Crippen LogP contribution in [0.1, 0.15) is 16.9 Å². The Labute approximate surface area is 138 Å². The second-order valence-corrected chi connectivity index (χ2v) is 6.36. The minimum absolute atomic E-state index is 0.164. The number of carbonyl (C=O) groups excluding carboxylic acids is 3. The third-order valence-electron chi connectivity index (χ3n) is 3.57. The van der Waals surface area contributed by atoms with E-state index in [2.05, 4.69) is 10.6 Å². The van der Waals surface area contributed by atoms with Gasteiger partial charge in [0, 0.05) is 16.6 Å². The van der Waals surface area contributed by atoms with Gasteiger partial charge in [0.15, 0.2) is 0 Å². The number of nitrogens with one attached hydrogen (secondary N) is 2. The Kier molecular flexibility index (Phi) is 5.33. The Morgan fingerprint density at radius 3 is 2.57 bits per heavy atom. The van der Waals surface area contributed by atoms with Gasteiger partial charge in [-0.05, 0) is 23.9 Å². The van der Waals surface area contributed by atoms with E-state index in [1.807, 2.05) is 31.2 Å². The molecule has 122 valence electrons. The first-order valence-electron chi connectivity index (χ1n) is 7.18. The first-order valence-corrected chi connectivity index (χ1v) is 8.00. The Balaban J connectivity index is 2.11. The van der Waals surface area contributed by atoms with E-state index >= 15 is 0 Å². The van der Waals surface area contributed by atoms with Gasteiger partial charge >= 0.3 is 0 Å². The van der Waals surface area contributed by atoms with E-state index in [-0.39, 0.29) is 18.7 Å². The molecule has 0 saturated carbocycles. The number of amides is 3. The fourth-order valence-electron chi connectivity index (χ4n) is 2.37. The number of hydrogen-bond acceptors (Lipinski definition) is 4. The zero-order chi connectivity index (χ0) is 17.0. The molecule has 0 aliphatic heterocycles. The highest BCUT2D eigenvalue weighted by molar-refractivity contribution is 7.19. The topological polar surface area (TPSA) is 101 Å². The van der Waals surface area contributed by atoms with Crippen molar-refractivity contribution in [3.63, 3.8) is 0 Å². The van der Waals surface area contributed by atoms with Crippen molar-refractivity contribution in [3.8, 4) is 0 Å². The van der Waals surface area contributed by atoms with E-state index in [1.165, 1.54) is 7.05 Å². The number of nitrogens with two attached hydrogens (primary N) is 1. The van der Waals surface area contributed by atoms with Crippen LogP contribution < -0.4 is 16.4 Å². The van der Waals surface area contributed by atoms with E-state index < -0.39 is 17.9 Å². The lowest BCUT2D eigenvalue weighted by molar-refractivity contribution is -0.130. The molecule has 0 aliphatic rings. The van der Waals surface area contributed by atoms with Crippen LogP contribution in [0.4, 0.5) is 0 Å². The van der Waals surface area contributed by atoms with Gasteiger partial charge < -0.3 is 16.4 Å². The maximum atomic E-state index is 12.2. The van der Waals surface area contributed by atoms with Gasteiger partial charge in [-0.25, -0.2) is 0 Å². The number of likely N-dealkylation sites (N-methyl/N-ethyl adjacent to an activating group) is 1. The Morgan fingerprint density at radius 1 is 1.26 bits per heavy atom. The van der Waals surface area contributed by atoms with Crippen LogP contribution in [-0.4, -0.2) is 30.8 Å². The average molecular weight is 333 g/mol. The van der Waals surface area contributed by atoms with Gasteiger partial charge in [-0.2, -0.15) is 0 Å². The molecule has 4 N–H and O–H groups in total. The molecule has 0 spiro atoms. The van der Waals surface area contributed by atoms with Gasteiger partial charge in [0.05, 0.1) is 12.8 Å². The van der Waals surface area contributed by atoms with Gasteiger partial charge in [-0.3, -0.25) is 14.4 Å². The van der Waals surface area contributed by atoms with Crippen LogP contribution >= 0.6 is 11.3 Å². The summed E-state index contributed by atoms with van der Waals surface area (Å²) in [6.45, 7) is 1.97. The summed E-state index contributed by atoms with van der Waals surface area (Å²) in [5.74, 6) is -1.39. The van der Waals surface area contributed by atoms with Crippen LogP contribution in [-0.2, 0) is 20.8 Å². The first-order chi connectivity index (χ1) is 10.9. The summed E-state index contributed by atoms with van der Waals surface area (Å²) in [5.41, 5.74) is 6.18. The lowest BCUT2D eigenvalue weighted by Crippen LogP contribution is -2.48. The van der Waals surface area contributed by atoms with Crippen LogP contribution in [0, 0.1) is 6.92 Å². The molecule has 7 heteroatoms. The zero-order valence-corrected chi connectivity index (χ0v) is 13.8. The number of benzene rings is 1. The standard InChI is InChI=1S/C16H19N3O3S/c1-9-10-5-3-4-6-12(10)23-13(9)8-15(21)19-11(7-14(17)20)16(22)18-2/h3-6,11H,7-8H2,1-2H3,(H2,17,20)(H,18,22)(H,19,21)/t11-/m0/s1. The molecule has 1 heterocycles. The van der Waals surface area contributed by atoms with Crippen molar-refractivity contribution < 1.29 is 14.4 Å². The maximum absolute atomic E-state index is 12.2. The SMILES string of the molecule is CNC(=O)[C@H](CC(N)=O)NC(=O)Cc1sc2ccccc2c1C. The van der Waals surface area contributed by atoms with Gasteiger partial charge in [-0.1, -0.05) is 18.2 Å². The van der Waals surface area contributed by atoms with E-state index in [4.69, 9.17) is 5.73 Å². The van der Waals surface area contributed by atoms with E-state index in [9.17, 15) is 14.4 Å². The van der Waals surface area contributed by atoms with E-state index in [0.29, 0.717) is 0 Å². The Hall–Kier alpha value is -2.41. The van der Waals surface area contributed by atoms with Gasteiger partial charge in [0.2, 0.25) is 17.7 Å². The van der Waals surface area contributed by atoms with Crippen LogP contribution in [0.5, 0.6) is 0 Å². The predicted octanol–water partition coefficient (Wildman–Crippen LogP) is 0.858. The molecule has 0 saturated heterocycles. The third kappa shape index (κ3) is 4.07. The fourth-order valence-corrected chi connectivity index (χ4v) is 3.58. The monoisotopic (exact) mass is 333 g/mol. The molecule has 3 amide bonds. The predicted molar refractivity (Wildman–Crippen MR) is 90.1 cm³/mol. The second-order valence-electron chi connectivity index (χ2n) is 5.23. The molecule has 23 heavy (non-hydrogen) atoms. The number of aryl methyl sites for hydroxylation is 1. The number of thiophene rings is 1. The second kappa shape index (κ2) is 7.23. The van der Waals surface area contributed by atoms with Crippen LogP contribution in [0.3, 0.4) is 0 Å². The lowest BCUT2D eigenvalue weighted by atomic mass is 10.1. The molecule has 0 bridgehead atoms. The summed E-state index contributed by atoms with van der Waals surface area (Å²) in [7, 11) is 1.44. The largest absolute Gasteiger partial charge is 0.370 e. The van der Waals surface area contributed by atoms with Crippen molar-refractivity contribution in [1.82, 2.24) is 10.6 Å². The number of primary amides is 1. The average Bonchev–Trinajstić information content (AvgIpc) is 2.82. The van der Waals surface area contributed by atoms with Crippen LogP contribution in [0.2, 0.25) is 0 Å². The number of fused-ring (bicyclic) bond motifs is 1. The van der Waals surface area contributed by atoms with Crippen LogP contribution in [0.15, 0.2) is 24.3 Å². The number of carbonyl (C=O) groups is 3. The van der Waals surface area contributed by atoms with Crippen molar-refractivity contribution in [2.45, 2.75) is 25.8 Å². The quantitative estimate of drug-likeness (QED) is 0.730. The van der Waals surface area contributed by atoms with Crippen molar-refractivity contribution in [2.75, 3.05) is 7.05 Å². The van der Waals surface area contributed by atoms with Crippen molar-refractivity contribution in [1.29, 1.82) is 0 Å². The molecule has 2 rings (SSSR count). The first kappa shape index (κ1) is 17.0. The van der Waals surface area contributed by atoms with Gasteiger partial charge in [0.1, 0.15) is 6.04 Å². The lowest BCUT2D eigenvalue weighted by Gasteiger charge is -2.15. The van der Waals surface area contributed by atoms with Crippen molar-refractivity contribution >= 4 is 39.1 Å². The minimum atomic E-state index is -0.945. The van der Waals surface area contributed by atoms with Crippen molar-refractivity contribution in [2.24, 2.45) is 5.73 Å². The molecule has 1 aromatic heterocycles. The molecule has 1 atom stereocenters. The molecule has 0 radical (unpaired) electrons. The molecule has 6 nitrogen and oxygen atoms in total. The smallest absolute Gasteiger partial charge is 0.242 e. The highest BCUT2D eigenvalue weighted by atomic mass is 32.1. The number of rotatable bonds is 6. The molecule has 0 fully saturated rings. The molecule has 0 aliphatic carbocycles.